The number of carboxylic acids is 1. The Kier molecular flexibility index (Phi) is 3.82. The van der Waals surface area contributed by atoms with Gasteiger partial charge in [-0.15, -0.1) is 0 Å². The minimum Gasteiger partial charge on any atom is -0.481 e. The van der Waals surface area contributed by atoms with Gasteiger partial charge in [0.05, 0.1) is 12.5 Å². The van der Waals surface area contributed by atoms with E-state index in [-0.39, 0.29) is 12.5 Å². The van der Waals surface area contributed by atoms with Crippen LogP contribution in [0.1, 0.15) is 32.1 Å². The Hall–Kier alpha value is -0.610. The van der Waals surface area contributed by atoms with Crippen molar-refractivity contribution in [1.29, 1.82) is 0 Å². The molecule has 0 radical (unpaired) electrons. The summed E-state index contributed by atoms with van der Waals surface area (Å²) in [4.78, 5) is 12.7. The first kappa shape index (κ1) is 11.9. The van der Waals surface area contributed by atoms with Crippen molar-refractivity contribution in [2.45, 2.75) is 38.2 Å². The molecule has 1 aliphatic heterocycles. The fourth-order valence-corrected chi connectivity index (χ4v) is 2.57. The SMILES string of the molecule is O=C(O)CCN1CC[C@H](O)[C@@H](CC2CC2)C1. The Morgan fingerprint density at radius 2 is 2.06 bits per heavy atom. The summed E-state index contributed by atoms with van der Waals surface area (Å²) < 4.78 is 0. The summed E-state index contributed by atoms with van der Waals surface area (Å²) in [6.45, 7) is 2.35. The molecule has 0 amide bonds. The van der Waals surface area contributed by atoms with Gasteiger partial charge in [-0.05, 0) is 24.7 Å². The monoisotopic (exact) mass is 227 g/mol. The predicted molar refractivity (Wildman–Crippen MR) is 60.1 cm³/mol. The van der Waals surface area contributed by atoms with Crippen molar-refractivity contribution in [3.63, 3.8) is 0 Å². The first-order chi connectivity index (χ1) is 7.65. The van der Waals surface area contributed by atoms with Crippen molar-refractivity contribution in [2.75, 3.05) is 19.6 Å². The third-order valence-corrected chi connectivity index (χ3v) is 3.75. The molecule has 1 saturated heterocycles. The normalized spacial score (nSPS) is 31.6. The van der Waals surface area contributed by atoms with Crippen molar-refractivity contribution in [3.8, 4) is 0 Å². The maximum Gasteiger partial charge on any atom is 0.304 e. The second-order valence-corrected chi connectivity index (χ2v) is 5.24. The lowest BCUT2D eigenvalue weighted by Crippen LogP contribution is -2.44. The fraction of sp³-hybridized carbons (Fsp3) is 0.917. The Balaban J connectivity index is 1.76. The van der Waals surface area contributed by atoms with Gasteiger partial charge in [0, 0.05) is 19.6 Å². The first-order valence-corrected chi connectivity index (χ1v) is 6.27. The standard InChI is InChI=1S/C12H21NO3/c14-11-3-5-13(6-4-12(15)16)8-10(11)7-9-1-2-9/h9-11,14H,1-8H2,(H,15,16)/t10-,11-/m0/s1. The van der Waals surface area contributed by atoms with E-state index in [9.17, 15) is 9.90 Å². The Morgan fingerprint density at radius 1 is 1.31 bits per heavy atom. The number of rotatable bonds is 5. The number of hydrogen-bond acceptors (Lipinski definition) is 3. The zero-order valence-electron chi connectivity index (χ0n) is 9.64. The topological polar surface area (TPSA) is 60.8 Å². The summed E-state index contributed by atoms with van der Waals surface area (Å²) in [5.41, 5.74) is 0. The fourth-order valence-electron chi connectivity index (χ4n) is 2.57. The van der Waals surface area contributed by atoms with E-state index >= 15 is 0 Å². The minimum absolute atomic E-state index is 0.165. The number of carbonyl (C=O) groups is 1. The van der Waals surface area contributed by atoms with E-state index in [1.165, 1.54) is 12.8 Å². The zero-order valence-corrected chi connectivity index (χ0v) is 9.64. The summed E-state index contributed by atoms with van der Waals surface area (Å²) in [7, 11) is 0. The van der Waals surface area contributed by atoms with Crippen LogP contribution in [0.5, 0.6) is 0 Å². The molecule has 1 aliphatic carbocycles. The number of hydrogen-bond donors (Lipinski definition) is 2. The van der Waals surface area contributed by atoms with Crippen LogP contribution in [0, 0.1) is 11.8 Å². The molecule has 16 heavy (non-hydrogen) atoms. The molecule has 4 heteroatoms. The second-order valence-electron chi connectivity index (χ2n) is 5.24. The quantitative estimate of drug-likeness (QED) is 0.734. The molecule has 0 spiro atoms. The third kappa shape index (κ3) is 3.46. The molecular formula is C12H21NO3. The summed E-state index contributed by atoms with van der Waals surface area (Å²) in [5, 5.41) is 18.5. The lowest BCUT2D eigenvalue weighted by Gasteiger charge is -2.36. The van der Waals surface area contributed by atoms with Gasteiger partial charge in [-0.25, -0.2) is 0 Å². The molecule has 2 N–H and O–H groups in total. The van der Waals surface area contributed by atoms with Crippen molar-refractivity contribution in [3.05, 3.63) is 0 Å². The lowest BCUT2D eigenvalue weighted by molar-refractivity contribution is -0.137. The number of aliphatic hydroxyl groups is 1. The van der Waals surface area contributed by atoms with Crippen LogP contribution in [-0.4, -0.2) is 46.8 Å². The molecule has 2 rings (SSSR count). The number of carboxylic acid groups (broad SMARTS) is 1. The van der Waals surface area contributed by atoms with Crippen LogP contribution in [0.25, 0.3) is 0 Å². The highest BCUT2D eigenvalue weighted by atomic mass is 16.4. The molecule has 2 aliphatic rings. The highest BCUT2D eigenvalue weighted by Gasteiger charge is 2.33. The summed E-state index contributed by atoms with van der Waals surface area (Å²) in [5.74, 6) is 0.471. The Morgan fingerprint density at radius 3 is 2.69 bits per heavy atom. The van der Waals surface area contributed by atoms with Gasteiger partial charge >= 0.3 is 5.97 Å². The van der Waals surface area contributed by atoms with Crippen molar-refractivity contribution >= 4 is 5.97 Å². The van der Waals surface area contributed by atoms with E-state index in [0.717, 1.165) is 31.8 Å². The van der Waals surface area contributed by atoms with Crippen LogP contribution in [0.4, 0.5) is 0 Å². The molecule has 0 unspecified atom stereocenters. The van der Waals surface area contributed by atoms with Gasteiger partial charge in [0.15, 0.2) is 0 Å². The Bertz CT molecular complexity index is 253. The molecule has 2 atom stereocenters. The van der Waals surface area contributed by atoms with Crippen LogP contribution in [0.2, 0.25) is 0 Å². The van der Waals surface area contributed by atoms with Crippen LogP contribution < -0.4 is 0 Å². The molecule has 2 fully saturated rings. The first-order valence-electron chi connectivity index (χ1n) is 6.27. The number of nitrogens with zero attached hydrogens (tertiary/aromatic N) is 1. The van der Waals surface area contributed by atoms with Crippen molar-refractivity contribution in [1.82, 2.24) is 4.90 Å². The predicted octanol–water partition coefficient (Wildman–Crippen LogP) is 0.944. The molecule has 92 valence electrons. The van der Waals surface area contributed by atoms with Crippen molar-refractivity contribution in [2.24, 2.45) is 11.8 Å². The van der Waals surface area contributed by atoms with E-state index in [1.807, 2.05) is 0 Å². The molecule has 0 aromatic rings. The van der Waals surface area contributed by atoms with Crippen LogP contribution in [0.3, 0.4) is 0 Å². The van der Waals surface area contributed by atoms with Crippen molar-refractivity contribution < 1.29 is 15.0 Å². The van der Waals surface area contributed by atoms with Gasteiger partial charge < -0.3 is 15.1 Å². The molecule has 0 bridgehead atoms. The average Bonchev–Trinajstić information content (AvgIpc) is 3.03. The molecule has 0 aromatic carbocycles. The van der Waals surface area contributed by atoms with Crippen LogP contribution >= 0.6 is 0 Å². The van der Waals surface area contributed by atoms with Gasteiger partial charge in [-0.3, -0.25) is 4.79 Å². The van der Waals surface area contributed by atoms with E-state index in [2.05, 4.69) is 4.90 Å². The van der Waals surface area contributed by atoms with E-state index in [0.29, 0.717) is 12.5 Å². The summed E-state index contributed by atoms with van der Waals surface area (Å²) >= 11 is 0. The van der Waals surface area contributed by atoms with E-state index in [1.54, 1.807) is 0 Å². The largest absolute Gasteiger partial charge is 0.481 e. The highest BCUT2D eigenvalue weighted by molar-refractivity contribution is 5.66. The maximum atomic E-state index is 10.5. The molecule has 1 heterocycles. The molecule has 0 aromatic heterocycles. The molecular weight excluding hydrogens is 206 g/mol. The number of piperidine rings is 1. The van der Waals surface area contributed by atoms with Crippen LogP contribution in [-0.2, 0) is 4.79 Å². The third-order valence-electron chi connectivity index (χ3n) is 3.75. The van der Waals surface area contributed by atoms with E-state index < -0.39 is 5.97 Å². The van der Waals surface area contributed by atoms with Crippen LogP contribution in [0.15, 0.2) is 0 Å². The van der Waals surface area contributed by atoms with Gasteiger partial charge in [0.2, 0.25) is 0 Å². The smallest absolute Gasteiger partial charge is 0.304 e. The van der Waals surface area contributed by atoms with Gasteiger partial charge in [-0.2, -0.15) is 0 Å². The molecule has 1 saturated carbocycles. The average molecular weight is 227 g/mol. The summed E-state index contributed by atoms with van der Waals surface area (Å²) in [6, 6.07) is 0. The maximum absolute atomic E-state index is 10.5. The Labute approximate surface area is 96.3 Å². The van der Waals surface area contributed by atoms with E-state index in [4.69, 9.17) is 5.11 Å². The van der Waals surface area contributed by atoms with Gasteiger partial charge in [0.1, 0.15) is 0 Å². The zero-order chi connectivity index (χ0) is 11.5. The number of likely N-dealkylation sites (tertiary alicyclic amines) is 1. The lowest BCUT2D eigenvalue weighted by atomic mass is 9.90. The second kappa shape index (κ2) is 5.15. The van der Waals surface area contributed by atoms with Gasteiger partial charge in [0.25, 0.3) is 0 Å². The highest BCUT2D eigenvalue weighted by Crippen LogP contribution is 2.37. The summed E-state index contributed by atoms with van der Waals surface area (Å²) in [6.07, 6.45) is 4.62. The van der Waals surface area contributed by atoms with Gasteiger partial charge in [-0.1, -0.05) is 12.8 Å². The number of aliphatic carboxylic acids is 1. The minimum atomic E-state index is -0.732. The number of aliphatic hydroxyl groups excluding tert-OH is 1. The molecule has 4 nitrogen and oxygen atoms in total.